The van der Waals surface area contributed by atoms with Crippen molar-refractivity contribution in [1.29, 1.82) is 0 Å². The number of nitrogen functional groups attached to an aromatic ring is 1. The van der Waals surface area contributed by atoms with Gasteiger partial charge in [-0.15, -0.1) is 0 Å². The summed E-state index contributed by atoms with van der Waals surface area (Å²) in [5, 5.41) is 5.93. The summed E-state index contributed by atoms with van der Waals surface area (Å²) < 4.78 is 6.45. The van der Waals surface area contributed by atoms with Crippen molar-refractivity contribution in [1.82, 2.24) is 14.8 Å². The molecule has 15 heavy (non-hydrogen) atoms. The molecule has 0 aliphatic rings. The highest BCUT2D eigenvalue weighted by Gasteiger charge is 2.08. The smallest absolute Gasteiger partial charge is 0.347 e. The molecule has 0 amide bonds. The lowest BCUT2D eigenvalue weighted by Gasteiger charge is -2.08. The Morgan fingerprint density at radius 3 is 2.93 bits per heavy atom. The van der Waals surface area contributed by atoms with Gasteiger partial charge in [-0.05, 0) is 18.2 Å². The van der Waals surface area contributed by atoms with Crippen molar-refractivity contribution in [3.63, 3.8) is 0 Å². The Kier molecular flexibility index (Phi) is 2.17. The second kappa shape index (κ2) is 3.49. The lowest BCUT2D eigenvalue weighted by Crippen LogP contribution is -2.15. The van der Waals surface area contributed by atoms with Crippen LogP contribution in [0.4, 0.5) is 5.69 Å². The van der Waals surface area contributed by atoms with Gasteiger partial charge in [0, 0.05) is 5.69 Å². The minimum absolute atomic E-state index is 0.334. The van der Waals surface area contributed by atoms with Crippen molar-refractivity contribution in [3.05, 3.63) is 35.0 Å². The maximum absolute atomic E-state index is 11.3. The summed E-state index contributed by atoms with van der Waals surface area (Å²) in [6.07, 6.45) is 1.37. The van der Waals surface area contributed by atoms with E-state index in [0.29, 0.717) is 17.1 Å². The average Bonchev–Trinajstić information content (AvgIpc) is 2.64. The number of nitrogens with one attached hydrogen (secondary N) is 1. The molecule has 1 heterocycles. The van der Waals surface area contributed by atoms with E-state index >= 15 is 0 Å². The quantitative estimate of drug-likeness (QED) is 0.685. The van der Waals surface area contributed by atoms with E-state index in [0.717, 1.165) is 0 Å². The van der Waals surface area contributed by atoms with Gasteiger partial charge in [0.25, 0.3) is 0 Å². The van der Waals surface area contributed by atoms with Crippen molar-refractivity contribution < 1.29 is 4.74 Å². The van der Waals surface area contributed by atoms with Gasteiger partial charge in [0.2, 0.25) is 0 Å². The van der Waals surface area contributed by atoms with Crippen molar-refractivity contribution in [2.24, 2.45) is 0 Å². The number of aromatic amines is 1. The summed E-state index contributed by atoms with van der Waals surface area (Å²) in [6.45, 7) is 0. The van der Waals surface area contributed by atoms with Crippen LogP contribution in [0.25, 0.3) is 5.69 Å². The van der Waals surface area contributed by atoms with E-state index < -0.39 is 0 Å². The van der Waals surface area contributed by atoms with Crippen LogP contribution in [-0.4, -0.2) is 21.9 Å². The van der Waals surface area contributed by atoms with Crippen molar-refractivity contribution in [2.45, 2.75) is 0 Å². The lowest BCUT2D eigenvalue weighted by atomic mass is 10.2. The fourth-order valence-electron chi connectivity index (χ4n) is 1.32. The number of nitrogens with zero attached hydrogens (tertiary/aromatic N) is 2. The first kappa shape index (κ1) is 9.32. The molecule has 0 radical (unpaired) electrons. The lowest BCUT2D eigenvalue weighted by molar-refractivity contribution is 0.412. The summed E-state index contributed by atoms with van der Waals surface area (Å²) >= 11 is 0. The standard InChI is InChI=1S/C9H10N4O2/c1-15-8-3-2-6(10)4-7(8)13-5-11-12-9(13)14/h2-5H,10H2,1H3,(H,12,14). The largest absolute Gasteiger partial charge is 0.495 e. The van der Waals surface area contributed by atoms with E-state index in [1.165, 1.54) is 18.0 Å². The summed E-state index contributed by atoms with van der Waals surface area (Å²) in [7, 11) is 1.53. The Labute approximate surface area is 85.3 Å². The molecule has 2 aromatic rings. The second-order valence-electron chi connectivity index (χ2n) is 2.96. The molecule has 78 valence electrons. The van der Waals surface area contributed by atoms with Crippen LogP contribution in [0.15, 0.2) is 29.3 Å². The minimum Gasteiger partial charge on any atom is -0.495 e. The van der Waals surface area contributed by atoms with Crippen LogP contribution in [0.1, 0.15) is 0 Å². The van der Waals surface area contributed by atoms with Gasteiger partial charge < -0.3 is 10.5 Å². The van der Waals surface area contributed by atoms with Crippen LogP contribution in [0.2, 0.25) is 0 Å². The first-order chi connectivity index (χ1) is 7.22. The van der Waals surface area contributed by atoms with E-state index in [-0.39, 0.29) is 5.69 Å². The molecule has 0 bridgehead atoms. The maximum Gasteiger partial charge on any atom is 0.347 e. The number of hydrogen-bond donors (Lipinski definition) is 2. The van der Waals surface area contributed by atoms with Gasteiger partial charge in [0.15, 0.2) is 0 Å². The Morgan fingerprint density at radius 2 is 2.33 bits per heavy atom. The van der Waals surface area contributed by atoms with Crippen LogP contribution in [-0.2, 0) is 0 Å². The van der Waals surface area contributed by atoms with Crippen molar-refractivity contribution in [3.8, 4) is 11.4 Å². The van der Waals surface area contributed by atoms with Gasteiger partial charge in [-0.3, -0.25) is 0 Å². The van der Waals surface area contributed by atoms with Gasteiger partial charge in [-0.2, -0.15) is 5.10 Å². The Hall–Kier alpha value is -2.24. The molecule has 0 fully saturated rings. The Balaban J connectivity index is 2.66. The predicted octanol–water partition coefficient (Wildman–Crippen LogP) is 0.151. The summed E-state index contributed by atoms with van der Waals surface area (Å²) in [5.41, 5.74) is 6.42. The predicted molar refractivity (Wildman–Crippen MR) is 55.1 cm³/mol. The zero-order valence-corrected chi connectivity index (χ0v) is 8.10. The van der Waals surface area contributed by atoms with Crippen LogP contribution in [0.5, 0.6) is 5.75 Å². The highest BCUT2D eigenvalue weighted by Crippen LogP contribution is 2.23. The normalized spacial score (nSPS) is 10.2. The van der Waals surface area contributed by atoms with E-state index in [9.17, 15) is 4.79 Å². The molecule has 0 saturated heterocycles. The molecule has 6 nitrogen and oxygen atoms in total. The Bertz CT molecular complexity index is 529. The van der Waals surface area contributed by atoms with Gasteiger partial charge in [0.05, 0.1) is 12.8 Å². The summed E-state index contributed by atoms with van der Waals surface area (Å²) in [5.74, 6) is 0.563. The number of rotatable bonds is 2. The fraction of sp³-hybridized carbons (Fsp3) is 0.111. The number of ether oxygens (including phenoxy) is 1. The molecule has 6 heteroatoms. The minimum atomic E-state index is -0.334. The second-order valence-corrected chi connectivity index (χ2v) is 2.96. The van der Waals surface area contributed by atoms with Gasteiger partial charge >= 0.3 is 5.69 Å². The first-order valence-corrected chi connectivity index (χ1v) is 4.28. The van der Waals surface area contributed by atoms with Crippen molar-refractivity contribution in [2.75, 3.05) is 12.8 Å². The van der Waals surface area contributed by atoms with E-state index in [4.69, 9.17) is 10.5 Å². The van der Waals surface area contributed by atoms with Crippen LogP contribution >= 0.6 is 0 Å². The molecule has 0 unspecified atom stereocenters. The molecule has 3 N–H and O–H groups in total. The molecule has 0 atom stereocenters. The molecular weight excluding hydrogens is 196 g/mol. The van der Waals surface area contributed by atoms with Gasteiger partial charge in [-0.1, -0.05) is 0 Å². The third-order valence-electron chi connectivity index (χ3n) is 2.01. The summed E-state index contributed by atoms with van der Waals surface area (Å²) in [4.78, 5) is 11.3. The number of H-pyrrole nitrogens is 1. The Morgan fingerprint density at radius 1 is 1.53 bits per heavy atom. The number of nitrogens with two attached hydrogens (primary N) is 1. The molecule has 1 aromatic heterocycles. The van der Waals surface area contributed by atoms with Crippen LogP contribution < -0.4 is 16.2 Å². The first-order valence-electron chi connectivity index (χ1n) is 4.28. The number of benzene rings is 1. The van der Waals surface area contributed by atoms with E-state index in [1.807, 2.05) is 0 Å². The highest BCUT2D eigenvalue weighted by molar-refractivity contribution is 5.56. The molecule has 1 aromatic carbocycles. The van der Waals surface area contributed by atoms with Crippen LogP contribution in [0.3, 0.4) is 0 Å². The van der Waals surface area contributed by atoms with Gasteiger partial charge in [-0.25, -0.2) is 14.5 Å². The molecular formula is C9H10N4O2. The number of anilines is 1. The van der Waals surface area contributed by atoms with Crippen molar-refractivity contribution >= 4 is 5.69 Å². The average molecular weight is 206 g/mol. The third kappa shape index (κ3) is 1.56. The maximum atomic E-state index is 11.3. The molecule has 0 saturated carbocycles. The topological polar surface area (TPSA) is 85.9 Å². The molecule has 0 aliphatic heterocycles. The monoisotopic (exact) mass is 206 g/mol. The zero-order valence-electron chi connectivity index (χ0n) is 8.10. The fourth-order valence-corrected chi connectivity index (χ4v) is 1.32. The molecule has 0 aliphatic carbocycles. The number of hydrogen-bond acceptors (Lipinski definition) is 4. The molecule has 0 spiro atoms. The van der Waals surface area contributed by atoms with E-state index in [2.05, 4.69) is 10.2 Å². The SMILES string of the molecule is COc1ccc(N)cc1-n1cn[nH]c1=O. The summed E-state index contributed by atoms with van der Waals surface area (Å²) in [6, 6.07) is 5.05. The van der Waals surface area contributed by atoms with E-state index in [1.54, 1.807) is 18.2 Å². The number of methoxy groups -OCH3 is 1. The number of aromatic nitrogens is 3. The van der Waals surface area contributed by atoms with Crippen LogP contribution in [0, 0.1) is 0 Å². The zero-order chi connectivity index (χ0) is 10.8. The van der Waals surface area contributed by atoms with Gasteiger partial charge in [0.1, 0.15) is 12.1 Å². The highest BCUT2D eigenvalue weighted by atomic mass is 16.5. The molecule has 2 rings (SSSR count). The third-order valence-corrected chi connectivity index (χ3v) is 2.01.